The van der Waals surface area contributed by atoms with Crippen LogP contribution in [0.1, 0.15) is 38.8 Å². The molecule has 178 valence electrons. The third-order valence-electron chi connectivity index (χ3n) is 7.20. The first-order valence-electron chi connectivity index (χ1n) is 11.5. The van der Waals surface area contributed by atoms with E-state index in [0.717, 1.165) is 5.56 Å². The largest absolute Gasteiger partial charge is 0.422 e. The van der Waals surface area contributed by atoms with Crippen LogP contribution in [0.4, 0.5) is 0 Å². The molecule has 0 amide bonds. The van der Waals surface area contributed by atoms with Crippen molar-refractivity contribution in [1.29, 1.82) is 0 Å². The van der Waals surface area contributed by atoms with Crippen LogP contribution >= 0.6 is 0 Å². The number of rotatable bonds is 4. The van der Waals surface area contributed by atoms with Crippen molar-refractivity contribution in [1.82, 2.24) is 4.90 Å². The van der Waals surface area contributed by atoms with Gasteiger partial charge in [-0.25, -0.2) is 4.79 Å². The fourth-order valence-electron chi connectivity index (χ4n) is 5.48. The lowest BCUT2D eigenvalue weighted by Gasteiger charge is -2.40. The topological polar surface area (TPSA) is 108 Å². The normalized spacial score (nSPS) is 22.8. The maximum Gasteiger partial charge on any atom is 0.347 e. The quantitative estimate of drug-likeness (QED) is 0.341. The number of allylic oxidation sites excluding steroid dienone is 1. The number of carbonyl (C=O) groups excluding carboxylic acids is 2. The van der Waals surface area contributed by atoms with Gasteiger partial charge in [0.25, 0.3) is 0 Å². The Labute approximate surface area is 205 Å². The molecular formula is C29H21NO6. The standard InChI is InChI=1S/C29H21NO6/c1-17-24(25(31)21-15-19-11-5-8-14-23(19)36-27(21)33)28(34)26(32)20-12-6-7-13-22(20)29(28,35)30(17)16-18-9-3-2-4-10-18/h2-15,34-35H,16H2,1H3/t28-,29+/m0/s1. The van der Waals surface area contributed by atoms with Crippen molar-refractivity contribution in [3.8, 4) is 0 Å². The van der Waals surface area contributed by atoms with Crippen molar-refractivity contribution in [3.05, 3.63) is 129 Å². The number of Topliss-reactive ketones (excluding diaryl/α,β-unsaturated/α-hetero) is 2. The van der Waals surface area contributed by atoms with Crippen LogP contribution in [0.25, 0.3) is 11.0 Å². The lowest BCUT2D eigenvalue weighted by atomic mass is 9.81. The van der Waals surface area contributed by atoms with Crippen LogP contribution in [-0.2, 0) is 12.3 Å². The van der Waals surface area contributed by atoms with E-state index in [-0.39, 0.29) is 34.5 Å². The molecule has 0 spiro atoms. The first kappa shape index (κ1) is 22.2. The number of fused-ring (bicyclic) bond motifs is 4. The molecule has 2 atom stereocenters. The fourth-order valence-corrected chi connectivity index (χ4v) is 5.48. The van der Waals surface area contributed by atoms with Gasteiger partial charge in [0.1, 0.15) is 11.1 Å². The zero-order valence-corrected chi connectivity index (χ0v) is 19.3. The second kappa shape index (κ2) is 7.58. The zero-order chi connectivity index (χ0) is 25.2. The smallest absolute Gasteiger partial charge is 0.347 e. The van der Waals surface area contributed by atoms with Gasteiger partial charge >= 0.3 is 5.63 Å². The van der Waals surface area contributed by atoms with Crippen LogP contribution in [0.5, 0.6) is 0 Å². The summed E-state index contributed by atoms with van der Waals surface area (Å²) in [6.07, 6.45) is 0. The first-order chi connectivity index (χ1) is 17.3. The number of ketones is 2. The van der Waals surface area contributed by atoms with Gasteiger partial charge in [0.2, 0.25) is 22.9 Å². The van der Waals surface area contributed by atoms with E-state index in [2.05, 4.69) is 0 Å². The summed E-state index contributed by atoms with van der Waals surface area (Å²) >= 11 is 0. The lowest BCUT2D eigenvalue weighted by Crippen LogP contribution is -2.57. The summed E-state index contributed by atoms with van der Waals surface area (Å²) in [6.45, 7) is 1.67. The van der Waals surface area contributed by atoms with Gasteiger partial charge < -0.3 is 19.5 Å². The molecule has 0 fully saturated rings. The van der Waals surface area contributed by atoms with E-state index in [9.17, 15) is 24.6 Å². The van der Waals surface area contributed by atoms with Gasteiger partial charge in [-0.05, 0) is 24.6 Å². The summed E-state index contributed by atoms with van der Waals surface area (Å²) in [5.74, 6) is -1.67. The molecule has 1 aromatic heterocycles. The molecule has 7 heteroatoms. The highest BCUT2D eigenvalue weighted by Crippen LogP contribution is 2.57. The summed E-state index contributed by atoms with van der Waals surface area (Å²) in [7, 11) is 0. The summed E-state index contributed by atoms with van der Waals surface area (Å²) in [5, 5.41) is 24.7. The molecule has 6 rings (SSSR count). The maximum atomic E-state index is 13.9. The van der Waals surface area contributed by atoms with Crippen LogP contribution in [-0.4, -0.2) is 32.3 Å². The minimum atomic E-state index is -2.62. The Hall–Kier alpha value is -4.33. The molecule has 0 unspecified atom stereocenters. The van der Waals surface area contributed by atoms with Crippen LogP contribution < -0.4 is 5.63 Å². The molecule has 4 aromatic rings. The average Bonchev–Trinajstić information content (AvgIpc) is 3.17. The fraction of sp³-hybridized carbons (Fsp3) is 0.138. The predicted molar refractivity (Wildman–Crippen MR) is 131 cm³/mol. The van der Waals surface area contributed by atoms with Gasteiger partial charge in [0, 0.05) is 28.8 Å². The SMILES string of the molecule is CC1=C(C(=O)c2cc3ccccc3oc2=O)[C@]2(O)C(=O)c3ccccc3[C@]2(O)N1Cc1ccccc1. The Morgan fingerprint density at radius 2 is 1.58 bits per heavy atom. The lowest BCUT2D eigenvalue weighted by molar-refractivity contribution is -0.173. The minimum Gasteiger partial charge on any atom is -0.422 e. The van der Waals surface area contributed by atoms with Crippen molar-refractivity contribution < 1.29 is 24.2 Å². The van der Waals surface area contributed by atoms with E-state index < -0.39 is 28.5 Å². The van der Waals surface area contributed by atoms with Crippen molar-refractivity contribution >= 4 is 22.5 Å². The van der Waals surface area contributed by atoms with Crippen LogP contribution in [0.2, 0.25) is 0 Å². The Kier molecular flexibility index (Phi) is 4.67. The van der Waals surface area contributed by atoms with Gasteiger partial charge in [-0.15, -0.1) is 0 Å². The summed E-state index contributed by atoms with van der Waals surface area (Å²) in [6, 6.07) is 23.7. The highest BCUT2D eigenvalue weighted by molar-refractivity contribution is 6.21. The van der Waals surface area contributed by atoms with Gasteiger partial charge in [0.05, 0.1) is 5.57 Å². The van der Waals surface area contributed by atoms with E-state index in [1.165, 1.54) is 17.0 Å². The molecule has 3 aromatic carbocycles. The van der Waals surface area contributed by atoms with Crippen molar-refractivity contribution in [2.75, 3.05) is 0 Å². The number of nitrogens with zero attached hydrogens (tertiary/aromatic N) is 1. The number of aliphatic hydroxyl groups is 2. The van der Waals surface area contributed by atoms with Gasteiger partial charge in [0.15, 0.2) is 0 Å². The molecule has 0 saturated carbocycles. The highest BCUT2D eigenvalue weighted by Gasteiger charge is 2.72. The Morgan fingerprint density at radius 3 is 2.36 bits per heavy atom. The molecular weight excluding hydrogens is 458 g/mol. The highest BCUT2D eigenvalue weighted by atomic mass is 16.4. The van der Waals surface area contributed by atoms with Crippen molar-refractivity contribution in [2.24, 2.45) is 0 Å². The molecule has 1 aliphatic carbocycles. The summed E-state index contributed by atoms with van der Waals surface area (Å²) in [5.41, 5.74) is -4.82. The van der Waals surface area contributed by atoms with Gasteiger partial charge in [-0.1, -0.05) is 72.8 Å². The summed E-state index contributed by atoms with van der Waals surface area (Å²) < 4.78 is 5.35. The van der Waals surface area contributed by atoms with Gasteiger partial charge in [-0.3, -0.25) is 9.59 Å². The number of benzene rings is 3. The Bertz CT molecular complexity index is 1670. The number of hydrogen-bond donors (Lipinski definition) is 2. The second-order valence-electron chi connectivity index (χ2n) is 9.10. The van der Waals surface area contributed by atoms with E-state index in [0.29, 0.717) is 11.0 Å². The Morgan fingerprint density at radius 1 is 0.917 bits per heavy atom. The molecule has 0 bridgehead atoms. The predicted octanol–water partition coefficient (Wildman–Crippen LogP) is 3.54. The number of hydrogen-bond acceptors (Lipinski definition) is 7. The van der Waals surface area contributed by atoms with Crippen molar-refractivity contribution in [3.63, 3.8) is 0 Å². The average molecular weight is 479 g/mol. The minimum absolute atomic E-state index is 0.107. The molecule has 2 N–H and O–H groups in total. The summed E-state index contributed by atoms with van der Waals surface area (Å²) in [4.78, 5) is 41.9. The molecule has 0 saturated heterocycles. The third kappa shape index (κ3) is 2.72. The Balaban J connectivity index is 1.59. The van der Waals surface area contributed by atoms with E-state index in [4.69, 9.17) is 4.42 Å². The second-order valence-corrected chi connectivity index (χ2v) is 9.10. The van der Waals surface area contributed by atoms with Crippen molar-refractivity contribution in [2.45, 2.75) is 24.8 Å². The van der Waals surface area contributed by atoms with E-state index >= 15 is 0 Å². The van der Waals surface area contributed by atoms with E-state index in [1.54, 1.807) is 49.4 Å². The molecule has 0 radical (unpaired) electrons. The molecule has 36 heavy (non-hydrogen) atoms. The molecule has 1 aliphatic heterocycles. The van der Waals surface area contributed by atoms with Crippen LogP contribution in [0.3, 0.4) is 0 Å². The first-order valence-corrected chi connectivity index (χ1v) is 11.5. The van der Waals surface area contributed by atoms with E-state index in [1.807, 2.05) is 30.3 Å². The third-order valence-corrected chi connectivity index (χ3v) is 7.20. The molecule has 2 aliphatic rings. The maximum absolute atomic E-state index is 13.9. The monoisotopic (exact) mass is 479 g/mol. The zero-order valence-electron chi connectivity index (χ0n) is 19.3. The van der Waals surface area contributed by atoms with Gasteiger partial charge in [-0.2, -0.15) is 0 Å². The van der Waals surface area contributed by atoms with Crippen LogP contribution in [0.15, 0.2) is 105 Å². The molecule has 7 nitrogen and oxygen atoms in total. The number of carbonyl (C=O) groups is 2. The molecule has 2 heterocycles. The van der Waals surface area contributed by atoms with Crippen LogP contribution in [0, 0.1) is 0 Å². The number of para-hydroxylation sites is 1.